The highest BCUT2D eigenvalue weighted by Gasteiger charge is 2.05. The van der Waals surface area contributed by atoms with E-state index in [1.807, 2.05) is 24.3 Å². The molecule has 0 saturated carbocycles. The number of fused-ring (bicyclic) bond motifs is 1. The van der Waals surface area contributed by atoms with Gasteiger partial charge >= 0.3 is 0 Å². The topological polar surface area (TPSA) is 48.1 Å². The molecule has 1 aromatic carbocycles. The van der Waals surface area contributed by atoms with Crippen LogP contribution >= 0.6 is 0 Å². The Morgan fingerprint density at radius 3 is 2.62 bits per heavy atom. The summed E-state index contributed by atoms with van der Waals surface area (Å²) < 4.78 is 5.97. The average Bonchev–Trinajstić information content (AvgIpc) is 2.53. The van der Waals surface area contributed by atoms with Crippen LogP contribution in [0.4, 0.5) is 0 Å². The number of rotatable bonds is 9. The second kappa shape index (κ2) is 8.63. The zero-order valence-corrected chi connectivity index (χ0v) is 13.0. The second-order valence-corrected chi connectivity index (χ2v) is 5.45. The number of nitrogens with two attached hydrogens (primary N) is 1. The van der Waals surface area contributed by atoms with E-state index in [0.717, 1.165) is 35.4 Å². The van der Waals surface area contributed by atoms with Gasteiger partial charge in [-0.25, -0.2) is 0 Å². The monoisotopic (exact) mass is 286 g/mol. The zero-order valence-electron chi connectivity index (χ0n) is 13.0. The molecule has 0 spiro atoms. The molecule has 2 rings (SSSR count). The van der Waals surface area contributed by atoms with Crippen molar-refractivity contribution in [2.24, 2.45) is 5.73 Å². The molecule has 0 bridgehead atoms. The van der Waals surface area contributed by atoms with Crippen LogP contribution in [0.15, 0.2) is 30.3 Å². The second-order valence-electron chi connectivity index (χ2n) is 5.45. The number of ether oxygens (including phenoxy) is 1. The fourth-order valence-electron chi connectivity index (χ4n) is 2.48. The van der Waals surface area contributed by atoms with Gasteiger partial charge in [0.2, 0.25) is 0 Å². The van der Waals surface area contributed by atoms with E-state index in [9.17, 15) is 0 Å². The summed E-state index contributed by atoms with van der Waals surface area (Å²) >= 11 is 0. The fourth-order valence-corrected chi connectivity index (χ4v) is 2.48. The number of hydrogen-bond donors (Lipinski definition) is 1. The van der Waals surface area contributed by atoms with Crippen molar-refractivity contribution in [1.29, 1.82) is 0 Å². The summed E-state index contributed by atoms with van der Waals surface area (Å²) in [4.78, 5) is 4.53. The molecule has 114 valence electrons. The van der Waals surface area contributed by atoms with Gasteiger partial charge in [-0.3, -0.25) is 4.98 Å². The van der Waals surface area contributed by atoms with Gasteiger partial charge < -0.3 is 10.5 Å². The lowest BCUT2D eigenvalue weighted by Crippen LogP contribution is -2.03. The van der Waals surface area contributed by atoms with E-state index in [2.05, 4.69) is 18.0 Å². The number of pyridine rings is 1. The third kappa shape index (κ3) is 4.71. The van der Waals surface area contributed by atoms with Gasteiger partial charge in [0.1, 0.15) is 5.75 Å². The molecule has 3 nitrogen and oxygen atoms in total. The number of para-hydroxylation sites is 1. The van der Waals surface area contributed by atoms with Gasteiger partial charge in [-0.2, -0.15) is 0 Å². The van der Waals surface area contributed by atoms with Crippen LogP contribution in [0.25, 0.3) is 10.9 Å². The molecule has 0 fully saturated rings. The van der Waals surface area contributed by atoms with Crippen molar-refractivity contribution in [3.05, 3.63) is 36.0 Å². The third-order valence-electron chi connectivity index (χ3n) is 3.70. The first-order chi connectivity index (χ1) is 10.3. The van der Waals surface area contributed by atoms with Crippen molar-refractivity contribution in [2.45, 2.75) is 52.0 Å². The standard InChI is InChI=1S/C18H26N2O/c1-2-3-4-5-6-9-12-21-18-13-15(14-19)20-17-11-8-7-10-16(17)18/h7-8,10-11,13H,2-6,9,12,14,19H2,1H3. The maximum atomic E-state index is 5.97. The van der Waals surface area contributed by atoms with Crippen molar-refractivity contribution in [3.63, 3.8) is 0 Å². The first-order valence-corrected chi connectivity index (χ1v) is 8.06. The molecule has 1 heterocycles. The van der Waals surface area contributed by atoms with Gasteiger partial charge in [-0.1, -0.05) is 51.2 Å². The predicted octanol–water partition coefficient (Wildman–Crippen LogP) is 4.43. The molecule has 3 heteroatoms. The molecule has 21 heavy (non-hydrogen) atoms. The van der Waals surface area contributed by atoms with Gasteiger partial charge in [-0.05, 0) is 18.6 Å². The summed E-state index contributed by atoms with van der Waals surface area (Å²) in [5.41, 5.74) is 7.55. The lowest BCUT2D eigenvalue weighted by atomic mass is 10.1. The number of benzene rings is 1. The first-order valence-electron chi connectivity index (χ1n) is 8.06. The number of unbranched alkanes of at least 4 members (excludes halogenated alkanes) is 5. The Hall–Kier alpha value is -1.61. The Morgan fingerprint density at radius 1 is 1.05 bits per heavy atom. The molecule has 0 atom stereocenters. The van der Waals surface area contributed by atoms with Crippen LogP contribution in [-0.4, -0.2) is 11.6 Å². The van der Waals surface area contributed by atoms with Gasteiger partial charge in [-0.15, -0.1) is 0 Å². The maximum Gasteiger partial charge on any atom is 0.130 e. The Morgan fingerprint density at radius 2 is 1.81 bits per heavy atom. The zero-order chi connectivity index (χ0) is 14.9. The highest BCUT2D eigenvalue weighted by molar-refractivity contribution is 5.85. The Bertz CT molecular complexity index is 554. The molecule has 2 aromatic rings. The minimum absolute atomic E-state index is 0.443. The van der Waals surface area contributed by atoms with Crippen molar-refractivity contribution < 1.29 is 4.74 Å². The molecule has 0 aliphatic heterocycles. The van der Waals surface area contributed by atoms with Crippen LogP contribution < -0.4 is 10.5 Å². The molecule has 0 unspecified atom stereocenters. The molecule has 0 aliphatic rings. The van der Waals surface area contributed by atoms with Gasteiger partial charge in [0.05, 0.1) is 17.8 Å². The Kier molecular flexibility index (Phi) is 6.48. The number of hydrogen-bond acceptors (Lipinski definition) is 3. The minimum atomic E-state index is 0.443. The molecule has 0 amide bonds. The van der Waals surface area contributed by atoms with Gasteiger partial charge in [0.15, 0.2) is 0 Å². The van der Waals surface area contributed by atoms with Gasteiger partial charge in [0.25, 0.3) is 0 Å². The van der Waals surface area contributed by atoms with E-state index in [4.69, 9.17) is 10.5 Å². The van der Waals surface area contributed by atoms with Crippen LogP contribution in [0.3, 0.4) is 0 Å². The van der Waals surface area contributed by atoms with Crippen LogP contribution in [0.2, 0.25) is 0 Å². The molecule has 0 radical (unpaired) electrons. The van der Waals surface area contributed by atoms with Crippen molar-refractivity contribution >= 4 is 10.9 Å². The number of nitrogens with zero attached hydrogens (tertiary/aromatic N) is 1. The predicted molar refractivity (Wildman–Crippen MR) is 88.5 cm³/mol. The van der Waals surface area contributed by atoms with Crippen LogP contribution in [0.5, 0.6) is 5.75 Å². The summed E-state index contributed by atoms with van der Waals surface area (Å²) in [6, 6.07) is 10.0. The molecular weight excluding hydrogens is 260 g/mol. The molecule has 0 saturated heterocycles. The SMILES string of the molecule is CCCCCCCCOc1cc(CN)nc2ccccc12. The average molecular weight is 286 g/mol. The van der Waals surface area contributed by atoms with Crippen molar-refractivity contribution in [3.8, 4) is 5.75 Å². The van der Waals surface area contributed by atoms with Crippen molar-refractivity contribution in [2.75, 3.05) is 6.61 Å². The van der Waals surface area contributed by atoms with E-state index in [-0.39, 0.29) is 0 Å². The quantitative estimate of drug-likeness (QED) is 0.694. The summed E-state index contributed by atoms with van der Waals surface area (Å²) in [7, 11) is 0. The van der Waals surface area contributed by atoms with Crippen LogP contribution in [0, 0.1) is 0 Å². The summed E-state index contributed by atoms with van der Waals surface area (Å²) in [5.74, 6) is 0.912. The van der Waals surface area contributed by atoms with Crippen LogP contribution in [-0.2, 0) is 6.54 Å². The van der Waals surface area contributed by atoms with Crippen molar-refractivity contribution in [1.82, 2.24) is 4.98 Å². The lowest BCUT2D eigenvalue weighted by molar-refractivity contribution is 0.307. The van der Waals surface area contributed by atoms with E-state index in [0.29, 0.717) is 6.54 Å². The maximum absolute atomic E-state index is 5.97. The fraction of sp³-hybridized carbons (Fsp3) is 0.500. The van der Waals surface area contributed by atoms with E-state index >= 15 is 0 Å². The Balaban J connectivity index is 1.91. The lowest BCUT2D eigenvalue weighted by Gasteiger charge is -2.11. The molecule has 2 N–H and O–H groups in total. The normalized spacial score (nSPS) is 11.0. The highest BCUT2D eigenvalue weighted by Crippen LogP contribution is 2.25. The van der Waals surface area contributed by atoms with E-state index < -0.39 is 0 Å². The molecule has 0 aliphatic carbocycles. The van der Waals surface area contributed by atoms with Gasteiger partial charge in [0, 0.05) is 18.0 Å². The first kappa shape index (κ1) is 15.8. The summed E-state index contributed by atoms with van der Waals surface area (Å²) in [6.07, 6.45) is 7.64. The third-order valence-corrected chi connectivity index (χ3v) is 3.70. The summed E-state index contributed by atoms with van der Waals surface area (Å²) in [6.45, 7) is 3.45. The largest absolute Gasteiger partial charge is 0.493 e. The van der Waals surface area contributed by atoms with E-state index in [1.54, 1.807) is 0 Å². The Labute approximate surface area is 127 Å². The summed E-state index contributed by atoms with van der Waals surface area (Å²) in [5, 5.41) is 1.07. The minimum Gasteiger partial charge on any atom is -0.493 e. The number of aromatic nitrogens is 1. The van der Waals surface area contributed by atoms with Crippen LogP contribution in [0.1, 0.15) is 51.1 Å². The molecule has 1 aromatic heterocycles. The highest BCUT2D eigenvalue weighted by atomic mass is 16.5. The van der Waals surface area contributed by atoms with E-state index in [1.165, 1.54) is 32.1 Å². The molecular formula is C18H26N2O. The smallest absolute Gasteiger partial charge is 0.130 e.